The van der Waals surface area contributed by atoms with Crippen LogP contribution in [0.25, 0.3) is 0 Å². The lowest BCUT2D eigenvalue weighted by Gasteiger charge is -2.19. The minimum atomic E-state index is 0.172. The largest absolute Gasteiger partial charge is 0.496 e. The number of ether oxygens (including phenoxy) is 1. The van der Waals surface area contributed by atoms with Crippen molar-refractivity contribution >= 4 is 5.71 Å². The third kappa shape index (κ3) is 4.59. The van der Waals surface area contributed by atoms with E-state index in [4.69, 9.17) is 4.74 Å². The second kappa shape index (κ2) is 7.32. The standard InChI is InChI=1S/C20H26N2O/c1-15(16-10-12-18(13-11-16)20(2,3)4)22-21-14-17-8-6-7-9-19(17)23-5/h6-13,21H,14H2,1-5H3/b22-15+. The van der Waals surface area contributed by atoms with Crippen LogP contribution in [0.1, 0.15) is 44.4 Å². The van der Waals surface area contributed by atoms with Gasteiger partial charge in [0.15, 0.2) is 0 Å². The summed E-state index contributed by atoms with van der Waals surface area (Å²) in [6.07, 6.45) is 0. The Bertz CT molecular complexity index is 667. The molecule has 0 atom stereocenters. The number of methoxy groups -OCH3 is 1. The zero-order valence-corrected chi connectivity index (χ0v) is 14.7. The van der Waals surface area contributed by atoms with Crippen LogP contribution in [0.5, 0.6) is 5.75 Å². The topological polar surface area (TPSA) is 33.6 Å². The second-order valence-electron chi connectivity index (χ2n) is 6.67. The molecule has 0 radical (unpaired) electrons. The molecule has 2 aromatic carbocycles. The van der Waals surface area contributed by atoms with Gasteiger partial charge in [0.25, 0.3) is 0 Å². The molecule has 2 aromatic rings. The van der Waals surface area contributed by atoms with Gasteiger partial charge in [0.05, 0.1) is 19.4 Å². The van der Waals surface area contributed by atoms with Crippen LogP contribution in [-0.4, -0.2) is 12.8 Å². The van der Waals surface area contributed by atoms with Crippen LogP contribution in [0, 0.1) is 0 Å². The maximum absolute atomic E-state index is 5.34. The zero-order chi connectivity index (χ0) is 16.9. The molecule has 0 bridgehead atoms. The first-order chi connectivity index (χ1) is 10.9. The summed E-state index contributed by atoms with van der Waals surface area (Å²) < 4.78 is 5.34. The average Bonchev–Trinajstić information content (AvgIpc) is 2.54. The van der Waals surface area contributed by atoms with Gasteiger partial charge in [-0.05, 0) is 29.5 Å². The highest BCUT2D eigenvalue weighted by atomic mass is 16.5. The Morgan fingerprint density at radius 3 is 2.30 bits per heavy atom. The van der Waals surface area contributed by atoms with Crippen molar-refractivity contribution in [2.45, 2.75) is 39.7 Å². The third-order valence-electron chi connectivity index (χ3n) is 3.88. The van der Waals surface area contributed by atoms with Crippen LogP contribution in [0.4, 0.5) is 0 Å². The molecule has 0 aliphatic heterocycles. The maximum Gasteiger partial charge on any atom is 0.123 e. The highest BCUT2D eigenvalue weighted by molar-refractivity contribution is 5.98. The first-order valence-electron chi connectivity index (χ1n) is 7.92. The molecule has 3 heteroatoms. The van der Waals surface area contributed by atoms with E-state index in [1.165, 1.54) is 5.56 Å². The normalized spacial score (nSPS) is 12.1. The van der Waals surface area contributed by atoms with Gasteiger partial charge in [-0.2, -0.15) is 5.10 Å². The Kier molecular flexibility index (Phi) is 5.43. The SMILES string of the molecule is COc1ccccc1CN/N=C(\C)c1ccc(C(C)(C)C)cc1. The van der Waals surface area contributed by atoms with E-state index < -0.39 is 0 Å². The minimum absolute atomic E-state index is 0.172. The Hall–Kier alpha value is -2.29. The first-order valence-corrected chi connectivity index (χ1v) is 7.92. The fourth-order valence-electron chi connectivity index (χ4n) is 2.37. The minimum Gasteiger partial charge on any atom is -0.496 e. The van der Waals surface area contributed by atoms with Crippen molar-refractivity contribution in [1.82, 2.24) is 5.43 Å². The molecule has 0 saturated carbocycles. The molecule has 23 heavy (non-hydrogen) atoms. The van der Waals surface area contributed by atoms with Gasteiger partial charge in [-0.1, -0.05) is 63.2 Å². The van der Waals surface area contributed by atoms with Gasteiger partial charge < -0.3 is 10.2 Å². The Morgan fingerprint density at radius 1 is 1.04 bits per heavy atom. The lowest BCUT2D eigenvalue weighted by molar-refractivity contribution is 0.408. The molecule has 0 saturated heterocycles. The molecule has 2 rings (SSSR count). The van der Waals surface area contributed by atoms with Gasteiger partial charge in [-0.25, -0.2) is 0 Å². The van der Waals surface area contributed by atoms with Gasteiger partial charge in [0.1, 0.15) is 5.75 Å². The van der Waals surface area contributed by atoms with Crippen molar-refractivity contribution in [2.75, 3.05) is 7.11 Å². The van der Waals surface area contributed by atoms with Gasteiger partial charge in [0, 0.05) is 5.56 Å². The molecule has 0 aromatic heterocycles. The molecule has 0 spiro atoms. The van der Waals surface area contributed by atoms with Crippen LogP contribution >= 0.6 is 0 Å². The molecule has 0 amide bonds. The van der Waals surface area contributed by atoms with E-state index in [0.717, 1.165) is 22.6 Å². The predicted molar refractivity (Wildman–Crippen MR) is 97.2 cm³/mol. The lowest BCUT2D eigenvalue weighted by Crippen LogP contribution is -2.12. The molecule has 1 N–H and O–H groups in total. The number of nitrogens with zero attached hydrogens (tertiary/aromatic N) is 1. The van der Waals surface area contributed by atoms with Crippen molar-refractivity contribution in [3.8, 4) is 5.75 Å². The molecule has 0 aliphatic carbocycles. The number of hydrogen-bond acceptors (Lipinski definition) is 3. The number of nitrogens with one attached hydrogen (secondary N) is 1. The van der Waals surface area contributed by atoms with Crippen LogP contribution in [-0.2, 0) is 12.0 Å². The van der Waals surface area contributed by atoms with E-state index in [2.05, 4.69) is 55.6 Å². The Morgan fingerprint density at radius 2 is 1.70 bits per heavy atom. The summed E-state index contributed by atoms with van der Waals surface area (Å²) in [5.41, 5.74) is 7.82. The van der Waals surface area contributed by atoms with Crippen LogP contribution < -0.4 is 10.2 Å². The number of hydrogen-bond donors (Lipinski definition) is 1. The summed E-state index contributed by atoms with van der Waals surface area (Å²) in [7, 11) is 1.68. The molecule has 0 aliphatic rings. The number of rotatable bonds is 5. The third-order valence-corrected chi connectivity index (χ3v) is 3.88. The van der Waals surface area contributed by atoms with E-state index in [0.29, 0.717) is 6.54 Å². The van der Waals surface area contributed by atoms with Crippen molar-refractivity contribution in [3.05, 3.63) is 65.2 Å². The number of hydrazone groups is 1. The van der Waals surface area contributed by atoms with E-state index >= 15 is 0 Å². The van der Waals surface area contributed by atoms with Crippen LogP contribution in [0.2, 0.25) is 0 Å². The fourth-order valence-corrected chi connectivity index (χ4v) is 2.37. The van der Waals surface area contributed by atoms with E-state index in [1.54, 1.807) is 7.11 Å². The second-order valence-corrected chi connectivity index (χ2v) is 6.67. The summed E-state index contributed by atoms with van der Waals surface area (Å²) >= 11 is 0. The summed E-state index contributed by atoms with van der Waals surface area (Å²) in [5, 5.41) is 4.47. The Balaban J connectivity index is 2.03. The summed E-state index contributed by atoms with van der Waals surface area (Å²) in [4.78, 5) is 0. The fraction of sp³-hybridized carbons (Fsp3) is 0.350. The van der Waals surface area contributed by atoms with E-state index in [-0.39, 0.29) is 5.41 Å². The van der Waals surface area contributed by atoms with Crippen molar-refractivity contribution in [2.24, 2.45) is 5.10 Å². The first kappa shape index (κ1) is 17.1. The van der Waals surface area contributed by atoms with Crippen molar-refractivity contribution < 1.29 is 4.74 Å². The molecule has 3 nitrogen and oxygen atoms in total. The highest BCUT2D eigenvalue weighted by Crippen LogP contribution is 2.22. The molecule has 0 unspecified atom stereocenters. The smallest absolute Gasteiger partial charge is 0.123 e. The lowest BCUT2D eigenvalue weighted by atomic mass is 9.86. The molecule has 0 heterocycles. The quantitative estimate of drug-likeness (QED) is 0.651. The summed E-state index contributed by atoms with van der Waals surface area (Å²) in [6.45, 7) is 9.32. The average molecular weight is 310 g/mol. The predicted octanol–water partition coefficient (Wildman–Crippen LogP) is 4.51. The van der Waals surface area contributed by atoms with Crippen molar-refractivity contribution in [3.63, 3.8) is 0 Å². The van der Waals surface area contributed by atoms with Crippen LogP contribution in [0.3, 0.4) is 0 Å². The number of benzene rings is 2. The van der Waals surface area contributed by atoms with E-state index in [9.17, 15) is 0 Å². The highest BCUT2D eigenvalue weighted by Gasteiger charge is 2.13. The summed E-state index contributed by atoms with van der Waals surface area (Å²) in [5.74, 6) is 0.877. The maximum atomic E-state index is 5.34. The van der Waals surface area contributed by atoms with Crippen LogP contribution in [0.15, 0.2) is 53.6 Å². The van der Waals surface area contributed by atoms with Gasteiger partial charge in [0.2, 0.25) is 0 Å². The van der Waals surface area contributed by atoms with Crippen molar-refractivity contribution in [1.29, 1.82) is 0 Å². The number of para-hydroxylation sites is 1. The monoisotopic (exact) mass is 310 g/mol. The van der Waals surface area contributed by atoms with Gasteiger partial charge in [-0.3, -0.25) is 0 Å². The van der Waals surface area contributed by atoms with Gasteiger partial charge >= 0.3 is 0 Å². The van der Waals surface area contributed by atoms with E-state index in [1.807, 2.05) is 31.2 Å². The Labute approximate surface area is 139 Å². The summed E-state index contributed by atoms with van der Waals surface area (Å²) in [6, 6.07) is 16.6. The molecule has 0 fully saturated rings. The molecular weight excluding hydrogens is 284 g/mol. The molecule has 122 valence electrons. The molecular formula is C20H26N2O. The van der Waals surface area contributed by atoms with Gasteiger partial charge in [-0.15, -0.1) is 0 Å². The zero-order valence-electron chi connectivity index (χ0n) is 14.7.